The third kappa shape index (κ3) is 4.15. The van der Waals surface area contributed by atoms with Gasteiger partial charge in [-0.3, -0.25) is 9.59 Å². The number of allylic oxidation sites excluding steroid dienone is 3. The van der Waals surface area contributed by atoms with Crippen molar-refractivity contribution >= 4 is 17.6 Å². The van der Waals surface area contributed by atoms with E-state index in [2.05, 4.69) is 6.08 Å². The summed E-state index contributed by atoms with van der Waals surface area (Å²) in [5.74, 6) is 1.01. The van der Waals surface area contributed by atoms with E-state index in [0.717, 1.165) is 62.5 Å². The summed E-state index contributed by atoms with van der Waals surface area (Å²) >= 11 is 0. The molecule has 142 valence electrons. The zero-order valence-corrected chi connectivity index (χ0v) is 16.2. The van der Waals surface area contributed by atoms with Crippen molar-refractivity contribution in [3.05, 3.63) is 53.1 Å². The Balaban J connectivity index is 1.41. The average Bonchev–Trinajstić information content (AvgIpc) is 3.04. The predicted molar refractivity (Wildman–Crippen MR) is 109 cm³/mol. The van der Waals surface area contributed by atoms with E-state index in [1.807, 2.05) is 36.4 Å². The summed E-state index contributed by atoms with van der Waals surface area (Å²) < 4.78 is 0. The third-order valence-electron chi connectivity index (χ3n) is 6.72. The monoisotopic (exact) mass is 362 g/mol. The smallest absolute Gasteiger partial charge is 0.161 e. The van der Waals surface area contributed by atoms with E-state index < -0.39 is 0 Å². The number of carbonyl (C=O) groups excluding carboxylic acids is 2. The van der Waals surface area contributed by atoms with Gasteiger partial charge in [-0.1, -0.05) is 48.4 Å². The van der Waals surface area contributed by atoms with Crippen molar-refractivity contribution in [3.8, 4) is 0 Å². The first kappa shape index (κ1) is 18.4. The summed E-state index contributed by atoms with van der Waals surface area (Å²) in [6.45, 7) is 0. The first-order valence-corrected chi connectivity index (χ1v) is 10.7. The highest BCUT2D eigenvalue weighted by molar-refractivity contribution is 6.03. The highest BCUT2D eigenvalue weighted by atomic mass is 16.1. The fourth-order valence-electron chi connectivity index (χ4n) is 5.23. The molecule has 0 bridgehead atoms. The molecule has 0 aliphatic heterocycles. The van der Waals surface area contributed by atoms with Crippen LogP contribution in [0.2, 0.25) is 0 Å². The summed E-state index contributed by atoms with van der Waals surface area (Å²) in [4.78, 5) is 26.0. The van der Waals surface area contributed by atoms with Gasteiger partial charge in [-0.25, -0.2) is 0 Å². The van der Waals surface area contributed by atoms with E-state index in [1.165, 1.54) is 18.4 Å². The van der Waals surface area contributed by atoms with Crippen molar-refractivity contribution in [1.29, 1.82) is 0 Å². The van der Waals surface area contributed by atoms with Crippen molar-refractivity contribution in [2.45, 2.75) is 64.2 Å². The maximum absolute atomic E-state index is 13.1. The SMILES string of the molecule is O=C1/C(=C/c2ccccc2)CC[C@H]1C[C@@H]1CCC[C@H](C2=CCCCC2)C1=O. The maximum atomic E-state index is 13.1. The Hall–Kier alpha value is -1.96. The standard InChI is InChI=1S/C25H30O2/c26-24-21(16-18-8-3-1-4-9-18)14-15-22(24)17-20-12-7-13-23(25(20)27)19-10-5-2-6-11-19/h1,3-4,8-10,16,20,22-23H,2,5-7,11-15,17H2/b21-16+/t20-,22-,23+/m0/s1. The van der Waals surface area contributed by atoms with Crippen LogP contribution in [0.4, 0.5) is 0 Å². The van der Waals surface area contributed by atoms with Crippen LogP contribution in [0.1, 0.15) is 69.8 Å². The lowest BCUT2D eigenvalue weighted by molar-refractivity contribution is -0.129. The molecular formula is C25H30O2. The zero-order chi connectivity index (χ0) is 18.6. The highest BCUT2D eigenvalue weighted by Crippen LogP contribution is 2.40. The predicted octanol–water partition coefficient (Wildman–Crippen LogP) is 5.93. The second kappa shape index (κ2) is 8.37. The van der Waals surface area contributed by atoms with Crippen molar-refractivity contribution in [3.63, 3.8) is 0 Å². The Morgan fingerprint density at radius 2 is 1.74 bits per heavy atom. The molecule has 1 aromatic carbocycles. The Bertz CT molecular complexity index is 756. The van der Waals surface area contributed by atoms with E-state index >= 15 is 0 Å². The molecule has 0 radical (unpaired) electrons. The van der Waals surface area contributed by atoms with Crippen molar-refractivity contribution in [2.75, 3.05) is 0 Å². The number of ketones is 2. The van der Waals surface area contributed by atoms with Gasteiger partial charge in [0.15, 0.2) is 5.78 Å². The number of hydrogen-bond donors (Lipinski definition) is 0. The Labute approximate surface area is 162 Å². The summed E-state index contributed by atoms with van der Waals surface area (Å²) in [6, 6.07) is 10.1. The molecule has 2 fully saturated rings. The number of benzene rings is 1. The lowest BCUT2D eigenvalue weighted by atomic mass is 9.71. The minimum absolute atomic E-state index is 0.0491. The van der Waals surface area contributed by atoms with Crippen molar-refractivity contribution in [1.82, 2.24) is 0 Å². The molecule has 0 spiro atoms. The van der Waals surface area contributed by atoms with Crippen LogP contribution in [0, 0.1) is 17.8 Å². The van der Waals surface area contributed by atoms with Crippen LogP contribution < -0.4 is 0 Å². The number of rotatable bonds is 4. The van der Waals surface area contributed by atoms with Crippen LogP contribution in [0.3, 0.4) is 0 Å². The van der Waals surface area contributed by atoms with Gasteiger partial charge < -0.3 is 0 Å². The summed E-state index contributed by atoms with van der Waals surface area (Å²) in [6.07, 6.45) is 14.8. The van der Waals surface area contributed by atoms with Crippen LogP contribution in [-0.4, -0.2) is 11.6 Å². The topological polar surface area (TPSA) is 34.1 Å². The summed E-state index contributed by atoms with van der Waals surface area (Å²) in [7, 11) is 0. The lowest BCUT2D eigenvalue weighted by Crippen LogP contribution is -2.32. The van der Waals surface area contributed by atoms with Gasteiger partial charge in [0.1, 0.15) is 5.78 Å². The van der Waals surface area contributed by atoms with Crippen LogP contribution in [0.5, 0.6) is 0 Å². The third-order valence-corrected chi connectivity index (χ3v) is 6.72. The van der Waals surface area contributed by atoms with E-state index in [4.69, 9.17) is 0 Å². The number of carbonyl (C=O) groups is 2. The Morgan fingerprint density at radius 3 is 2.52 bits per heavy atom. The van der Waals surface area contributed by atoms with Gasteiger partial charge in [0.2, 0.25) is 0 Å². The minimum atomic E-state index is 0.0491. The van der Waals surface area contributed by atoms with E-state index in [-0.39, 0.29) is 23.5 Å². The molecule has 3 aliphatic rings. The quantitative estimate of drug-likeness (QED) is 0.492. The number of hydrogen-bond acceptors (Lipinski definition) is 2. The van der Waals surface area contributed by atoms with Gasteiger partial charge in [0.25, 0.3) is 0 Å². The first-order chi connectivity index (χ1) is 13.2. The molecule has 3 atom stereocenters. The molecule has 0 N–H and O–H groups in total. The van der Waals surface area contributed by atoms with Crippen LogP contribution in [-0.2, 0) is 9.59 Å². The zero-order valence-electron chi connectivity index (χ0n) is 16.2. The van der Waals surface area contributed by atoms with Gasteiger partial charge >= 0.3 is 0 Å². The van der Waals surface area contributed by atoms with Crippen molar-refractivity contribution in [2.24, 2.45) is 17.8 Å². The molecule has 4 rings (SSSR count). The average molecular weight is 363 g/mol. The lowest BCUT2D eigenvalue weighted by Gasteiger charge is -2.31. The maximum Gasteiger partial charge on any atom is 0.161 e. The van der Waals surface area contributed by atoms with Crippen LogP contribution in [0.15, 0.2) is 47.6 Å². The van der Waals surface area contributed by atoms with E-state index in [9.17, 15) is 9.59 Å². The second-order valence-electron chi connectivity index (χ2n) is 8.52. The van der Waals surface area contributed by atoms with Crippen LogP contribution in [0.25, 0.3) is 6.08 Å². The molecule has 2 heteroatoms. The summed E-state index contributed by atoms with van der Waals surface area (Å²) in [5.41, 5.74) is 3.44. The van der Waals surface area contributed by atoms with Gasteiger partial charge in [-0.05, 0) is 75.0 Å². The molecular weight excluding hydrogens is 332 g/mol. The van der Waals surface area contributed by atoms with Crippen LogP contribution >= 0.6 is 0 Å². The highest BCUT2D eigenvalue weighted by Gasteiger charge is 2.38. The largest absolute Gasteiger partial charge is 0.299 e. The molecule has 0 saturated heterocycles. The normalized spacial score (nSPS) is 30.6. The second-order valence-corrected chi connectivity index (χ2v) is 8.52. The molecule has 2 saturated carbocycles. The number of Topliss-reactive ketones (excluding diaryl/α,β-unsaturated/α-hetero) is 2. The van der Waals surface area contributed by atoms with Gasteiger partial charge in [-0.2, -0.15) is 0 Å². The van der Waals surface area contributed by atoms with Gasteiger partial charge in [0, 0.05) is 17.8 Å². The molecule has 0 unspecified atom stereocenters. The Morgan fingerprint density at radius 1 is 0.889 bits per heavy atom. The molecule has 2 nitrogen and oxygen atoms in total. The van der Waals surface area contributed by atoms with Gasteiger partial charge in [-0.15, -0.1) is 0 Å². The molecule has 0 aromatic heterocycles. The van der Waals surface area contributed by atoms with E-state index in [1.54, 1.807) is 0 Å². The van der Waals surface area contributed by atoms with E-state index in [0.29, 0.717) is 5.78 Å². The van der Waals surface area contributed by atoms with Gasteiger partial charge in [0.05, 0.1) is 0 Å². The molecule has 3 aliphatic carbocycles. The van der Waals surface area contributed by atoms with Crippen molar-refractivity contribution < 1.29 is 9.59 Å². The fraction of sp³-hybridized carbons (Fsp3) is 0.520. The molecule has 0 heterocycles. The fourth-order valence-corrected chi connectivity index (χ4v) is 5.23. The molecule has 1 aromatic rings. The first-order valence-electron chi connectivity index (χ1n) is 10.7. The summed E-state index contributed by atoms with van der Waals surface area (Å²) in [5, 5.41) is 0. The molecule has 27 heavy (non-hydrogen) atoms. The minimum Gasteiger partial charge on any atom is -0.299 e. The Kier molecular flexibility index (Phi) is 5.71. The molecule has 0 amide bonds.